The number of carbonyl (C=O) groups is 2. The van der Waals surface area contributed by atoms with Gasteiger partial charge in [-0.25, -0.2) is 0 Å². The van der Waals surface area contributed by atoms with Crippen molar-refractivity contribution < 1.29 is 9.59 Å². The fourth-order valence-electron chi connectivity index (χ4n) is 1.52. The first-order chi connectivity index (χ1) is 7.25. The van der Waals surface area contributed by atoms with Gasteiger partial charge < -0.3 is 10.6 Å². The van der Waals surface area contributed by atoms with Crippen molar-refractivity contribution in [3.63, 3.8) is 0 Å². The summed E-state index contributed by atoms with van der Waals surface area (Å²) in [6.45, 7) is 0.468. The Kier molecular flexibility index (Phi) is 2.66. The van der Waals surface area contributed by atoms with E-state index >= 15 is 0 Å². The number of amides is 2. The van der Waals surface area contributed by atoms with Crippen molar-refractivity contribution in [2.75, 3.05) is 6.54 Å². The lowest BCUT2D eigenvalue weighted by atomic mass is 10.2. The summed E-state index contributed by atoms with van der Waals surface area (Å²) in [5.74, 6) is -0.123. The molecule has 2 heterocycles. The van der Waals surface area contributed by atoms with Gasteiger partial charge in [-0.05, 0) is 6.42 Å². The van der Waals surface area contributed by atoms with Gasteiger partial charge in [-0.1, -0.05) is 0 Å². The van der Waals surface area contributed by atoms with Gasteiger partial charge in [0.25, 0.3) is 5.91 Å². The van der Waals surface area contributed by atoms with E-state index in [4.69, 9.17) is 0 Å². The average molecular weight is 208 g/mol. The summed E-state index contributed by atoms with van der Waals surface area (Å²) in [5.41, 5.74) is 0.499. The third-order valence-electron chi connectivity index (χ3n) is 2.35. The van der Waals surface area contributed by atoms with Crippen LogP contribution in [0, 0.1) is 0 Å². The molecule has 0 aliphatic carbocycles. The normalized spacial score (nSPS) is 20.0. The number of nitrogens with zero attached hydrogens (tertiary/aromatic N) is 1. The maximum atomic E-state index is 11.5. The van der Waals surface area contributed by atoms with Crippen LogP contribution in [0.4, 0.5) is 0 Å². The molecule has 1 saturated heterocycles. The lowest BCUT2D eigenvalue weighted by Crippen LogP contribution is -2.38. The molecule has 0 spiro atoms. The zero-order valence-corrected chi connectivity index (χ0v) is 8.12. The van der Waals surface area contributed by atoms with Gasteiger partial charge in [0.2, 0.25) is 5.91 Å². The third-order valence-corrected chi connectivity index (χ3v) is 2.35. The van der Waals surface area contributed by atoms with Crippen LogP contribution < -0.4 is 10.6 Å². The van der Waals surface area contributed by atoms with Gasteiger partial charge in [-0.2, -0.15) is 5.10 Å². The maximum Gasteiger partial charge on any atom is 0.254 e. The van der Waals surface area contributed by atoms with Gasteiger partial charge in [0.05, 0.1) is 11.8 Å². The topological polar surface area (TPSA) is 86.9 Å². The Morgan fingerprint density at radius 3 is 3.13 bits per heavy atom. The zero-order valence-electron chi connectivity index (χ0n) is 8.12. The summed E-state index contributed by atoms with van der Waals surface area (Å²) in [4.78, 5) is 22.3. The third kappa shape index (κ3) is 2.34. The Labute approximate surface area is 86.4 Å². The Bertz CT molecular complexity index is 360. The lowest BCUT2D eigenvalue weighted by Gasteiger charge is -2.10. The number of aromatic amines is 1. The number of hydrogen-bond acceptors (Lipinski definition) is 3. The summed E-state index contributed by atoms with van der Waals surface area (Å²) in [6, 6.07) is 0.0633. The summed E-state index contributed by atoms with van der Waals surface area (Å²) >= 11 is 0. The zero-order chi connectivity index (χ0) is 10.7. The van der Waals surface area contributed by atoms with E-state index in [-0.39, 0.29) is 17.9 Å². The molecule has 0 bridgehead atoms. The van der Waals surface area contributed by atoms with E-state index in [1.54, 1.807) is 0 Å². The quantitative estimate of drug-likeness (QED) is 0.621. The van der Waals surface area contributed by atoms with Crippen molar-refractivity contribution in [2.24, 2.45) is 0 Å². The minimum atomic E-state index is -0.176. The molecule has 1 aliphatic rings. The second-order valence-corrected chi connectivity index (χ2v) is 3.50. The van der Waals surface area contributed by atoms with E-state index in [9.17, 15) is 9.59 Å². The fourth-order valence-corrected chi connectivity index (χ4v) is 1.52. The first-order valence-corrected chi connectivity index (χ1v) is 4.82. The number of carbonyl (C=O) groups excluding carboxylic acids is 2. The van der Waals surface area contributed by atoms with E-state index < -0.39 is 0 Å². The van der Waals surface area contributed by atoms with E-state index in [2.05, 4.69) is 20.8 Å². The van der Waals surface area contributed by atoms with Crippen LogP contribution in [0.2, 0.25) is 0 Å². The van der Waals surface area contributed by atoms with Gasteiger partial charge in [0.1, 0.15) is 0 Å². The molecular weight excluding hydrogens is 196 g/mol. The Morgan fingerprint density at radius 2 is 2.53 bits per heavy atom. The fraction of sp³-hybridized carbons (Fsp3) is 0.444. The van der Waals surface area contributed by atoms with Crippen molar-refractivity contribution in [3.8, 4) is 0 Å². The van der Waals surface area contributed by atoms with Crippen LogP contribution in [0.25, 0.3) is 0 Å². The largest absolute Gasteiger partial charge is 0.352 e. The SMILES string of the molecule is O=C1CCC(CNC(=O)c2cn[nH]c2)N1. The van der Waals surface area contributed by atoms with Crippen LogP contribution in [0.5, 0.6) is 0 Å². The molecule has 15 heavy (non-hydrogen) atoms. The second kappa shape index (κ2) is 4.12. The average Bonchev–Trinajstić information content (AvgIpc) is 2.84. The van der Waals surface area contributed by atoms with Crippen molar-refractivity contribution in [1.29, 1.82) is 0 Å². The van der Waals surface area contributed by atoms with Crippen molar-refractivity contribution >= 4 is 11.8 Å². The first kappa shape index (κ1) is 9.70. The molecule has 1 fully saturated rings. The van der Waals surface area contributed by atoms with Crippen LogP contribution in [0.3, 0.4) is 0 Å². The van der Waals surface area contributed by atoms with E-state index in [1.165, 1.54) is 12.4 Å². The van der Waals surface area contributed by atoms with Gasteiger partial charge in [0.15, 0.2) is 0 Å². The second-order valence-electron chi connectivity index (χ2n) is 3.50. The molecule has 0 radical (unpaired) electrons. The Morgan fingerprint density at radius 1 is 1.67 bits per heavy atom. The van der Waals surface area contributed by atoms with Gasteiger partial charge in [0, 0.05) is 25.2 Å². The number of H-pyrrole nitrogens is 1. The van der Waals surface area contributed by atoms with Crippen molar-refractivity contribution in [1.82, 2.24) is 20.8 Å². The molecule has 6 heteroatoms. The number of aromatic nitrogens is 2. The van der Waals surface area contributed by atoms with Crippen LogP contribution >= 0.6 is 0 Å². The van der Waals surface area contributed by atoms with Gasteiger partial charge >= 0.3 is 0 Å². The molecule has 2 amide bonds. The predicted molar refractivity (Wildman–Crippen MR) is 52.1 cm³/mol. The van der Waals surface area contributed by atoms with Crippen LogP contribution in [-0.2, 0) is 4.79 Å². The van der Waals surface area contributed by atoms with Gasteiger partial charge in [-0.15, -0.1) is 0 Å². The molecule has 1 aromatic rings. The Balaban J connectivity index is 1.79. The minimum absolute atomic E-state index is 0.0533. The summed E-state index contributed by atoms with van der Waals surface area (Å²) in [5, 5.41) is 11.8. The van der Waals surface area contributed by atoms with Crippen LogP contribution in [0.1, 0.15) is 23.2 Å². The van der Waals surface area contributed by atoms with Crippen molar-refractivity contribution in [2.45, 2.75) is 18.9 Å². The molecule has 1 atom stereocenters. The number of rotatable bonds is 3. The first-order valence-electron chi connectivity index (χ1n) is 4.82. The molecule has 2 rings (SSSR count). The molecule has 3 N–H and O–H groups in total. The summed E-state index contributed by atoms with van der Waals surface area (Å²) in [6.07, 6.45) is 4.32. The molecule has 0 saturated carbocycles. The monoisotopic (exact) mass is 208 g/mol. The highest BCUT2D eigenvalue weighted by molar-refractivity contribution is 5.93. The van der Waals surface area contributed by atoms with Crippen LogP contribution in [-0.4, -0.2) is 34.6 Å². The highest BCUT2D eigenvalue weighted by atomic mass is 16.2. The molecule has 1 aromatic heterocycles. The van der Waals surface area contributed by atoms with E-state index in [0.717, 1.165) is 6.42 Å². The van der Waals surface area contributed by atoms with Crippen molar-refractivity contribution in [3.05, 3.63) is 18.0 Å². The number of nitrogens with one attached hydrogen (secondary N) is 3. The van der Waals surface area contributed by atoms with Gasteiger partial charge in [-0.3, -0.25) is 14.7 Å². The smallest absolute Gasteiger partial charge is 0.254 e. The molecule has 80 valence electrons. The molecule has 1 aliphatic heterocycles. The highest BCUT2D eigenvalue weighted by Crippen LogP contribution is 2.05. The minimum Gasteiger partial charge on any atom is -0.352 e. The molecule has 6 nitrogen and oxygen atoms in total. The molecular formula is C9H12N4O2. The lowest BCUT2D eigenvalue weighted by molar-refractivity contribution is -0.119. The van der Waals surface area contributed by atoms with E-state index in [1.807, 2.05) is 0 Å². The number of hydrogen-bond donors (Lipinski definition) is 3. The Hall–Kier alpha value is -1.85. The summed E-state index contributed by atoms with van der Waals surface area (Å²) in [7, 11) is 0. The molecule has 1 unspecified atom stereocenters. The van der Waals surface area contributed by atoms with E-state index in [0.29, 0.717) is 18.5 Å². The predicted octanol–water partition coefficient (Wildman–Crippen LogP) is -0.582. The standard InChI is InChI=1S/C9H12N4O2/c14-8-2-1-7(13-8)5-10-9(15)6-3-11-12-4-6/h3-4,7H,1-2,5H2,(H,10,15)(H,11,12)(H,13,14). The molecule has 0 aromatic carbocycles. The maximum absolute atomic E-state index is 11.5. The highest BCUT2D eigenvalue weighted by Gasteiger charge is 2.21. The summed E-state index contributed by atoms with van der Waals surface area (Å²) < 4.78 is 0. The van der Waals surface area contributed by atoms with Crippen LogP contribution in [0.15, 0.2) is 12.4 Å².